The molecule has 100 valence electrons. The number of anilines is 1. The molecule has 0 aromatic heterocycles. The average molecular weight is 268 g/mol. The summed E-state index contributed by atoms with van der Waals surface area (Å²) in [5.41, 5.74) is 0.792. The molecule has 1 aromatic carbocycles. The highest BCUT2D eigenvalue weighted by molar-refractivity contribution is 6.30. The molecule has 3 unspecified atom stereocenters. The number of aliphatic hydroxyl groups is 1. The largest absolute Gasteiger partial charge is 0.394 e. The Morgan fingerprint density at radius 1 is 1.44 bits per heavy atom. The topological polar surface area (TPSA) is 32.3 Å². The number of hydrogen-bond donors (Lipinski definition) is 2. The van der Waals surface area contributed by atoms with E-state index in [9.17, 15) is 5.11 Å². The Balaban J connectivity index is 2.22. The third-order valence-corrected chi connectivity index (χ3v) is 4.74. The molecule has 1 fully saturated rings. The first-order valence-electron chi connectivity index (χ1n) is 6.72. The zero-order valence-electron chi connectivity index (χ0n) is 11.1. The number of rotatable bonds is 3. The number of hydrogen-bond acceptors (Lipinski definition) is 2. The summed E-state index contributed by atoms with van der Waals surface area (Å²) in [6, 6.07) is 7.73. The molecule has 0 saturated heterocycles. The normalized spacial score (nSPS) is 32.2. The number of aliphatic hydroxyl groups excluding tert-OH is 1. The zero-order chi connectivity index (χ0) is 13.2. The minimum Gasteiger partial charge on any atom is -0.394 e. The Morgan fingerprint density at radius 2 is 2.22 bits per heavy atom. The monoisotopic (exact) mass is 267 g/mol. The molecule has 0 bridgehead atoms. The average Bonchev–Trinajstić information content (AvgIpc) is 2.35. The van der Waals surface area contributed by atoms with Crippen molar-refractivity contribution in [3.63, 3.8) is 0 Å². The van der Waals surface area contributed by atoms with Crippen LogP contribution in [0.5, 0.6) is 0 Å². The van der Waals surface area contributed by atoms with Gasteiger partial charge >= 0.3 is 0 Å². The molecule has 1 aromatic rings. The summed E-state index contributed by atoms with van der Waals surface area (Å²) in [6.45, 7) is 4.68. The fourth-order valence-electron chi connectivity index (χ4n) is 3.05. The molecule has 0 aliphatic heterocycles. The first-order valence-corrected chi connectivity index (χ1v) is 7.10. The molecule has 0 amide bonds. The molecule has 0 heterocycles. The molecule has 2 N–H and O–H groups in total. The summed E-state index contributed by atoms with van der Waals surface area (Å²) in [5, 5.41) is 14.1. The van der Waals surface area contributed by atoms with Crippen molar-refractivity contribution in [2.75, 3.05) is 11.9 Å². The van der Waals surface area contributed by atoms with E-state index in [2.05, 4.69) is 19.2 Å². The van der Waals surface area contributed by atoms with Crippen molar-refractivity contribution in [1.82, 2.24) is 0 Å². The lowest BCUT2D eigenvalue weighted by molar-refractivity contribution is 0.0925. The van der Waals surface area contributed by atoms with Gasteiger partial charge in [0, 0.05) is 10.7 Å². The van der Waals surface area contributed by atoms with Crippen LogP contribution >= 0.6 is 11.6 Å². The summed E-state index contributed by atoms with van der Waals surface area (Å²) in [5.74, 6) is 1.09. The molecular formula is C15H22ClNO. The predicted molar refractivity (Wildman–Crippen MR) is 77.1 cm³/mol. The van der Waals surface area contributed by atoms with E-state index in [4.69, 9.17) is 11.6 Å². The van der Waals surface area contributed by atoms with Gasteiger partial charge in [-0.05, 0) is 36.5 Å². The van der Waals surface area contributed by atoms with Crippen LogP contribution in [0.3, 0.4) is 0 Å². The molecule has 1 aliphatic rings. The smallest absolute Gasteiger partial charge is 0.0664 e. The predicted octanol–water partition coefficient (Wildman–Crippen LogP) is 3.94. The van der Waals surface area contributed by atoms with E-state index in [0.29, 0.717) is 11.8 Å². The summed E-state index contributed by atoms with van der Waals surface area (Å²) in [4.78, 5) is 0. The van der Waals surface area contributed by atoms with Crippen molar-refractivity contribution in [3.05, 3.63) is 29.3 Å². The van der Waals surface area contributed by atoms with Crippen molar-refractivity contribution in [2.45, 2.75) is 38.6 Å². The van der Waals surface area contributed by atoms with Crippen LogP contribution in [0.2, 0.25) is 5.02 Å². The Morgan fingerprint density at radius 3 is 2.89 bits per heavy atom. The lowest BCUT2D eigenvalue weighted by atomic mass is 9.68. The van der Waals surface area contributed by atoms with Crippen molar-refractivity contribution in [3.8, 4) is 0 Å². The SMILES string of the molecule is CC1CCCC(CO)(Nc2cccc(Cl)c2)C1C. The van der Waals surface area contributed by atoms with Gasteiger partial charge < -0.3 is 10.4 Å². The highest BCUT2D eigenvalue weighted by atomic mass is 35.5. The van der Waals surface area contributed by atoms with Crippen molar-refractivity contribution in [2.24, 2.45) is 11.8 Å². The van der Waals surface area contributed by atoms with Gasteiger partial charge in [-0.3, -0.25) is 0 Å². The first-order chi connectivity index (χ1) is 8.57. The summed E-state index contributed by atoms with van der Waals surface area (Å²) >= 11 is 6.01. The van der Waals surface area contributed by atoms with Gasteiger partial charge in [-0.2, -0.15) is 0 Å². The van der Waals surface area contributed by atoms with Gasteiger partial charge in [0.05, 0.1) is 12.1 Å². The molecule has 1 saturated carbocycles. The maximum Gasteiger partial charge on any atom is 0.0664 e. The van der Waals surface area contributed by atoms with Gasteiger partial charge in [-0.25, -0.2) is 0 Å². The van der Waals surface area contributed by atoms with Crippen LogP contribution in [0.25, 0.3) is 0 Å². The Kier molecular flexibility index (Phi) is 4.18. The van der Waals surface area contributed by atoms with Gasteiger partial charge in [0.15, 0.2) is 0 Å². The first kappa shape index (κ1) is 13.7. The Hall–Kier alpha value is -0.730. The molecule has 2 nitrogen and oxygen atoms in total. The molecule has 0 spiro atoms. The van der Waals surface area contributed by atoms with E-state index < -0.39 is 0 Å². The lowest BCUT2D eigenvalue weighted by Crippen LogP contribution is -2.52. The van der Waals surface area contributed by atoms with Crippen LogP contribution in [0.1, 0.15) is 33.1 Å². The molecule has 0 radical (unpaired) electrons. The molecular weight excluding hydrogens is 246 g/mol. The number of benzene rings is 1. The summed E-state index contributed by atoms with van der Waals surface area (Å²) in [7, 11) is 0. The van der Waals surface area contributed by atoms with E-state index in [1.807, 2.05) is 24.3 Å². The van der Waals surface area contributed by atoms with Gasteiger partial charge in [0.25, 0.3) is 0 Å². The maximum atomic E-state index is 9.86. The van der Waals surface area contributed by atoms with E-state index >= 15 is 0 Å². The second kappa shape index (κ2) is 5.50. The minimum atomic E-state index is -0.206. The third-order valence-electron chi connectivity index (χ3n) is 4.51. The van der Waals surface area contributed by atoms with Crippen LogP contribution in [0.15, 0.2) is 24.3 Å². The molecule has 3 heteroatoms. The van der Waals surface area contributed by atoms with Gasteiger partial charge in [-0.1, -0.05) is 44.4 Å². The lowest BCUT2D eigenvalue weighted by Gasteiger charge is -2.46. The quantitative estimate of drug-likeness (QED) is 0.869. The standard InChI is InChI=1S/C15H22ClNO/c1-11-5-4-8-15(10-18,12(11)2)17-14-7-3-6-13(16)9-14/h3,6-7,9,11-12,17-18H,4-5,8,10H2,1-2H3. The van der Waals surface area contributed by atoms with E-state index in [0.717, 1.165) is 17.1 Å². The van der Waals surface area contributed by atoms with Gasteiger partial charge in [0.1, 0.15) is 0 Å². The van der Waals surface area contributed by atoms with E-state index in [1.165, 1.54) is 12.8 Å². The summed E-state index contributed by atoms with van der Waals surface area (Å²) < 4.78 is 0. The second-order valence-corrected chi connectivity index (χ2v) is 6.04. The highest BCUT2D eigenvalue weighted by Crippen LogP contribution is 2.39. The molecule has 18 heavy (non-hydrogen) atoms. The van der Waals surface area contributed by atoms with Crippen molar-refractivity contribution < 1.29 is 5.11 Å². The Bertz CT molecular complexity index is 409. The van der Waals surface area contributed by atoms with Crippen LogP contribution in [0.4, 0.5) is 5.69 Å². The molecule has 2 rings (SSSR count). The van der Waals surface area contributed by atoms with Gasteiger partial charge in [0.2, 0.25) is 0 Å². The molecule has 3 atom stereocenters. The second-order valence-electron chi connectivity index (χ2n) is 5.61. The van der Waals surface area contributed by atoms with Crippen molar-refractivity contribution >= 4 is 17.3 Å². The van der Waals surface area contributed by atoms with E-state index in [1.54, 1.807) is 0 Å². The highest BCUT2D eigenvalue weighted by Gasteiger charge is 2.41. The third kappa shape index (κ3) is 2.65. The van der Waals surface area contributed by atoms with Crippen LogP contribution in [0, 0.1) is 11.8 Å². The van der Waals surface area contributed by atoms with Crippen LogP contribution < -0.4 is 5.32 Å². The zero-order valence-corrected chi connectivity index (χ0v) is 11.9. The summed E-state index contributed by atoms with van der Waals surface area (Å²) in [6.07, 6.45) is 3.43. The van der Waals surface area contributed by atoms with Gasteiger partial charge in [-0.15, -0.1) is 0 Å². The number of halogens is 1. The fourth-order valence-corrected chi connectivity index (χ4v) is 3.24. The number of nitrogens with one attached hydrogen (secondary N) is 1. The minimum absolute atomic E-state index is 0.172. The molecule has 1 aliphatic carbocycles. The Labute approximate surface area is 114 Å². The van der Waals surface area contributed by atoms with Crippen LogP contribution in [-0.2, 0) is 0 Å². The van der Waals surface area contributed by atoms with E-state index in [-0.39, 0.29) is 12.1 Å². The van der Waals surface area contributed by atoms with Crippen molar-refractivity contribution in [1.29, 1.82) is 0 Å². The van der Waals surface area contributed by atoms with Crippen LogP contribution in [-0.4, -0.2) is 17.3 Å². The maximum absolute atomic E-state index is 9.86. The fraction of sp³-hybridized carbons (Fsp3) is 0.600.